The molecule has 0 amide bonds. The van der Waals surface area contributed by atoms with E-state index in [1.807, 2.05) is 6.07 Å². The Balaban J connectivity index is 1.34. The third-order valence-corrected chi connectivity index (χ3v) is 6.32. The van der Waals surface area contributed by atoms with Gasteiger partial charge >= 0.3 is 0 Å². The first-order valence-corrected chi connectivity index (χ1v) is 11.5. The molecule has 2 N–H and O–H groups in total. The molecule has 1 unspecified atom stereocenters. The molecule has 2 fully saturated rings. The number of rotatable bonds is 7. The van der Waals surface area contributed by atoms with Crippen molar-refractivity contribution in [3.63, 3.8) is 0 Å². The zero-order valence-electron chi connectivity index (χ0n) is 18.0. The molecule has 2 saturated heterocycles. The van der Waals surface area contributed by atoms with E-state index in [-0.39, 0.29) is 6.61 Å². The lowest BCUT2D eigenvalue weighted by Gasteiger charge is -2.32. The summed E-state index contributed by atoms with van der Waals surface area (Å²) in [6, 6.07) is 10.9. The molecule has 0 spiro atoms. The van der Waals surface area contributed by atoms with E-state index >= 15 is 0 Å². The third-order valence-electron chi connectivity index (χ3n) is 6.32. The van der Waals surface area contributed by atoms with Crippen molar-refractivity contribution in [3.05, 3.63) is 47.8 Å². The number of anilines is 2. The summed E-state index contributed by atoms with van der Waals surface area (Å²) in [7, 11) is 0. The number of hydrogen-bond acceptors (Lipinski definition) is 6. The van der Waals surface area contributed by atoms with Crippen LogP contribution in [0, 0.1) is 5.92 Å². The molecule has 30 heavy (non-hydrogen) atoms. The molecule has 6 nitrogen and oxygen atoms in total. The summed E-state index contributed by atoms with van der Waals surface area (Å²) in [4.78, 5) is 13.7. The predicted octanol–water partition coefficient (Wildman–Crippen LogP) is 3.67. The minimum Gasteiger partial charge on any atom is -0.396 e. The quantitative estimate of drug-likeness (QED) is 0.727. The molecule has 2 aliphatic rings. The van der Waals surface area contributed by atoms with Gasteiger partial charge in [0.25, 0.3) is 0 Å². The standard InChI is InChI=1S/C24H35N5O/c30-18-22-9-6-12-29(17-22)24-14-23(26-19-27-24)25-15-20-7-5-8-21(13-20)16-28-10-3-1-2-4-11-28/h5,7-8,13-14,19,22,30H,1-4,6,9-12,15-18H2,(H,25,26,27). The Kier molecular flexibility index (Phi) is 7.54. The van der Waals surface area contributed by atoms with Crippen LogP contribution < -0.4 is 10.2 Å². The second kappa shape index (κ2) is 10.7. The molecule has 0 radical (unpaired) electrons. The zero-order valence-corrected chi connectivity index (χ0v) is 18.0. The van der Waals surface area contributed by atoms with Gasteiger partial charge in [0.2, 0.25) is 0 Å². The van der Waals surface area contributed by atoms with Crippen LogP contribution in [0.5, 0.6) is 0 Å². The van der Waals surface area contributed by atoms with Crippen molar-refractivity contribution < 1.29 is 5.11 Å². The van der Waals surface area contributed by atoms with Crippen molar-refractivity contribution in [2.45, 2.75) is 51.6 Å². The molecule has 6 heteroatoms. The topological polar surface area (TPSA) is 64.5 Å². The SMILES string of the molecule is OCC1CCCN(c2cc(NCc3cccc(CN4CCCCCC4)c3)ncn2)C1. The van der Waals surface area contributed by atoms with Gasteiger partial charge in [-0.25, -0.2) is 9.97 Å². The molecule has 0 saturated carbocycles. The molecule has 1 aromatic carbocycles. The van der Waals surface area contributed by atoms with Crippen molar-refractivity contribution in [2.24, 2.45) is 5.92 Å². The fourth-order valence-corrected chi connectivity index (χ4v) is 4.62. The van der Waals surface area contributed by atoms with Crippen molar-refractivity contribution >= 4 is 11.6 Å². The van der Waals surface area contributed by atoms with Gasteiger partial charge in [-0.3, -0.25) is 4.90 Å². The van der Waals surface area contributed by atoms with E-state index in [2.05, 4.69) is 49.4 Å². The van der Waals surface area contributed by atoms with Gasteiger partial charge in [0.15, 0.2) is 0 Å². The van der Waals surface area contributed by atoms with Gasteiger partial charge in [-0.15, -0.1) is 0 Å². The van der Waals surface area contributed by atoms with Crippen molar-refractivity contribution in [1.29, 1.82) is 0 Å². The minimum absolute atomic E-state index is 0.250. The van der Waals surface area contributed by atoms with Gasteiger partial charge in [0, 0.05) is 38.9 Å². The van der Waals surface area contributed by atoms with Crippen molar-refractivity contribution in [2.75, 3.05) is 43.0 Å². The highest BCUT2D eigenvalue weighted by Gasteiger charge is 2.20. The number of aromatic nitrogens is 2. The molecule has 2 aliphatic heterocycles. The van der Waals surface area contributed by atoms with E-state index in [0.717, 1.165) is 50.7 Å². The second-order valence-electron chi connectivity index (χ2n) is 8.76. The van der Waals surface area contributed by atoms with E-state index in [1.165, 1.54) is 49.9 Å². The van der Waals surface area contributed by atoms with Gasteiger partial charge in [-0.2, -0.15) is 0 Å². The highest BCUT2D eigenvalue weighted by molar-refractivity contribution is 5.49. The van der Waals surface area contributed by atoms with Gasteiger partial charge < -0.3 is 15.3 Å². The number of nitrogens with zero attached hydrogens (tertiary/aromatic N) is 4. The van der Waals surface area contributed by atoms with E-state index in [4.69, 9.17) is 0 Å². The summed E-state index contributed by atoms with van der Waals surface area (Å²) in [5.41, 5.74) is 2.67. The minimum atomic E-state index is 0.250. The van der Waals surface area contributed by atoms with Gasteiger partial charge in [0.05, 0.1) is 0 Å². The molecule has 1 aromatic heterocycles. The van der Waals surface area contributed by atoms with Crippen LogP contribution >= 0.6 is 0 Å². The number of likely N-dealkylation sites (tertiary alicyclic amines) is 1. The fourth-order valence-electron chi connectivity index (χ4n) is 4.62. The van der Waals surface area contributed by atoms with E-state index in [1.54, 1.807) is 6.33 Å². The lowest BCUT2D eigenvalue weighted by molar-refractivity contribution is 0.208. The Morgan fingerprint density at radius 3 is 2.63 bits per heavy atom. The first kappa shape index (κ1) is 21.1. The molecule has 0 aliphatic carbocycles. The summed E-state index contributed by atoms with van der Waals surface area (Å²) in [5.74, 6) is 2.14. The summed E-state index contributed by atoms with van der Waals surface area (Å²) < 4.78 is 0. The van der Waals surface area contributed by atoms with Gasteiger partial charge in [-0.05, 0) is 55.8 Å². The second-order valence-corrected chi connectivity index (χ2v) is 8.76. The molecule has 0 bridgehead atoms. The number of nitrogens with one attached hydrogen (secondary N) is 1. The van der Waals surface area contributed by atoms with Crippen LogP contribution in [-0.4, -0.2) is 52.8 Å². The predicted molar refractivity (Wildman–Crippen MR) is 122 cm³/mol. The molecule has 3 heterocycles. The zero-order chi connectivity index (χ0) is 20.6. The first-order valence-electron chi connectivity index (χ1n) is 11.5. The molecular weight excluding hydrogens is 374 g/mol. The Labute approximate surface area is 180 Å². The Morgan fingerprint density at radius 2 is 1.80 bits per heavy atom. The number of aliphatic hydroxyl groups is 1. The molecule has 2 aromatic rings. The monoisotopic (exact) mass is 409 g/mol. The van der Waals surface area contributed by atoms with E-state index in [0.29, 0.717) is 5.92 Å². The fraction of sp³-hybridized carbons (Fsp3) is 0.583. The molecular formula is C24H35N5O. The summed E-state index contributed by atoms with van der Waals surface area (Å²) in [5, 5.41) is 13.0. The van der Waals surface area contributed by atoms with Crippen LogP contribution in [0.15, 0.2) is 36.7 Å². The molecule has 162 valence electrons. The van der Waals surface area contributed by atoms with Crippen LogP contribution in [0.2, 0.25) is 0 Å². The number of hydrogen-bond donors (Lipinski definition) is 2. The summed E-state index contributed by atoms with van der Waals surface area (Å²) in [6.45, 7) is 6.35. The maximum absolute atomic E-state index is 9.49. The van der Waals surface area contributed by atoms with Crippen molar-refractivity contribution in [1.82, 2.24) is 14.9 Å². The van der Waals surface area contributed by atoms with Gasteiger partial charge in [-0.1, -0.05) is 37.1 Å². The average molecular weight is 410 g/mol. The van der Waals surface area contributed by atoms with Crippen LogP contribution in [0.1, 0.15) is 49.7 Å². The van der Waals surface area contributed by atoms with E-state index < -0.39 is 0 Å². The highest BCUT2D eigenvalue weighted by atomic mass is 16.3. The normalized spacial score (nSPS) is 20.7. The summed E-state index contributed by atoms with van der Waals surface area (Å²) in [6.07, 6.45) is 9.23. The van der Waals surface area contributed by atoms with Crippen LogP contribution in [0.25, 0.3) is 0 Å². The number of piperidine rings is 1. The smallest absolute Gasteiger partial charge is 0.134 e. The largest absolute Gasteiger partial charge is 0.396 e. The average Bonchev–Trinajstić information content (AvgIpc) is 3.07. The first-order chi connectivity index (χ1) is 14.8. The van der Waals surface area contributed by atoms with Crippen LogP contribution in [-0.2, 0) is 13.1 Å². The Morgan fingerprint density at radius 1 is 0.967 bits per heavy atom. The van der Waals surface area contributed by atoms with Crippen LogP contribution in [0.3, 0.4) is 0 Å². The maximum atomic E-state index is 9.49. The highest BCUT2D eigenvalue weighted by Crippen LogP contribution is 2.23. The van der Waals surface area contributed by atoms with Crippen LogP contribution in [0.4, 0.5) is 11.6 Å². The third kappa shape index (κ3) is 5.92. The van der Waals surface area contributed by atoms with E-state index in [9.17, 15) is 5.11 Å². The molecule has 4 rings (SSSR count). The molecule has 1 atom stereocenters. The lowest BCUT2D eigenvalue weighted by atomic mass is 9.99. The van der Waals surface area contributed by atoms with Crippen molar-refractivity contribution in [3.8, 4) is 0 Å². The maximum Gasteiger partial charge on any atom is 0.134 e. The van der Waals surface area contributed by atoms with Gasteiger partial charge in [0.1, 0.15) is 18.0 Å². The Bertz CT molecular complexity index is 791. The lowest BCUT2D eigenvalue weighted by Crippen LogP contribution is -2.37. The number of aliphatic hydroxyl groups excluding tert-OH is 1. The Hall–Kier alpha value is -2.18. The number of benzene rings is 1. The summed E-state index contributed by atoms with van der Waals surface area (Å²) >= 11 is 0.